The molecule has 176 valence electrons. The van der Waals surface area contributed by atoms with Gasteiger partial charge in [0.15, 0.2) is 0 Å². The molecule has 1 N–H and O–H groups in total. The van der Waals surface area contributed by atoms with Crippen molar-refractivity contribution in [2.75, 3.05) is 51.8 Å². The molecule has 5 nitrogen and oxygen atoms in total. The van der Waals surface area contributed by atoms with Crippen LogP contribution in [-0.2, 0) is 17.6 Å². The number of likely N-dealkylation sites (N-methyl/N-ethyl adjacent to an activating group) is 1. The minimum absolute atomic E-state index is 0.607. The fourth-order valence-electron chi connectivity index (χ4n) is 6.67. The van der Waals surface area contributed by atoms with Crippen LogP contribution in [0.4, 0.5) is 11.5 Å². The predicted molar refractivity (Wildman–Crippen MR) is 134 cm³/mol. The van der Waals surface area contributed by atoms with E-state index in [2.05, 4.69) is 47.3 Å². The zero-order chi connectivity index (χ0) is 22.4. The molecule has 4 aliphatic rings. The maximum Gasteiger partial charge on any atom is 0.133 e. The molecular weight excluding hydrogens is 408 g/mol. The van der Waals surface area contributed by atoms with Crippen LogP contribution in [0.25, 0.3) is 0 Å². The number of pyridine rings is 1. The van der Waals surface area contributed by atoms with Crippen molar-refractivity contribution < 1.29 is 4.74 Å². The molecule has 2 aromatic rings. The third kappa shape index (κ3) is 4.20. The van der Waals surface area contributed by atoms with Crippen LogP contribution in [-0.4, -0.2) is 67.3 Å². The summed E-state index contributed by atoms with van der Waals surface area (Å²) in [6.45, 7) is 9.05. The van der Waals surface area contributed by atoms with Gasteiger partial charge in [-0.2, -0.15) is 0 Å². The molecule has 0 bridgehead atoms. The Kier molecular flexibility index (Phi) is 5.89. The van der Waals surface area contributed by atoms with Crippen molar-refractivity contribution in [3.8, 4) is 0 Å². The second-order valence-corrected chi connectivity index (χ2v) is 10.8. The summed E-state index contributed by atoms with van der Waals surface area (Å²) >= 11 is 0. The van der Waals surface area contributed by atoms with E-state index >= 15 is 0 Å². The number of hydrogen-bond acceptors (Lipinski definition) is 5. The summed E-state index contributed by atoms with van der Waals surface area (Å²) in [7, 11) is 2.23. The van der Waals surface area contributed by atoms with Crippen LogP contribution in [0.3, 0.4) is 0 Å². The van der Waals surface area contributed by atoms with Gasteiger partial charge in [0, 0.05) is 44.2 Å². The van der Waals surface area contributed by atoms with Gasteiger partial charge in [-0.05, 0) is 117 Å². The van der Waals surface area contributed by atoms with E-state index in [1.165, 1.54) is 72.5 Å². The van der Waals surface area contributed by atoms with Crippen molar-refractivity contribution in [1.82, 2.24) is 14.8 Å². The molecule has 33 heavy (non-hydrogen) atoms. The van der Waals surface area contributed by atoms with Crippen LogP contribution in [0, 0.1) is 6.92 Å². The first-order valence-corrected chi connectivity index (χ1v) is 13.0. The van der Waals surface area contributed by atoms with E-state index in [0.717, 1.165) is 50.8 Å². The number of hydrogen-bond donors (Lipinski definition) is 1. The van der Waals surface area contributed by atoms with Crippen molar-refractivity contribution in [1.29, 1.82) is 0 Å². The largest absolute Gasteiger partial charge is 0.381 e. The Morgan fingerprint density at radius 3 is 2.48 bits per heavy atom. The third-order valence-corrected chi connectivity index (χ3v) is 8.69. The van der Waals surface area contributed by atoms with Gasteiger partial charge < -0.3 is 15.0 Å². The second-order valence-electron chi connectivity index (χ2n) is 10.8. The first-order chi connectivity index (χ1) is 16.2. The molecule has 0 unspecified atom stereocenters. The lowest BCUT2D eigenvalue weighted by Crippen LogP contribution is -2.59. The van der Waals surface area contributed by atoms with Gasteiger partial charge in [-0.25, -0.2) is 4.98 Å². The minimum Gasteiger partial charge on any atom is -0.381 e. The van der Waals surface area contributed by atoms with Gasteiger partial charge in [0.2, 0.25) is 0 Å². The highest BCUT2D eigenvalue weighted by Gasteiger charge is 2.32. The molecule has 5 heterocycles. The van der Waals surface area contributed by atoms with E-state index < -0.39 is 0 Å². The predicted octanol–water partition coefficient (Wildman–Crippen LogP) is 4.62. The van der Waals surface area contributed by atoms with Gasteiger partial charge in [0.05, 0.1) is 0 Å². The molecule has 4 aliphatic heterocycles. The Labute approximate surface area is 198 Å². The molecule has 6 rings (SSSR count). The van der Waals surface area contributed by atoms with Gasteiger partial charge in [0.25, 0.3) is 0 Å². The molecule has 5 heteroatoms. The van der Waals surface area contributed by atoms with Crippen LogP contribution < -0.4 is 5.32 Å². The lowest BCUT2D eigenvalue weighted by Gasteiger charge is -2.46. The number of benzene rings is 1. The van der Waals surface area contributed by atoms with Crippen LogP contribution in [0.15, 0.2) is 24.4 Å². The summed E-state index contributed by atoms with van der Waals surface area (Å²) < 4.78 is 5.62. The highest BCUT2D eigenvalue weighted by molar-refractivity contribution is 5.69. The van der Waals surface area contributed by atoms with Gasteiger partial charge in [-0.3, -0.25) is 4.90 Å². The third-order valence-electron chi connectivity index (χ3n) is 8.69. The number of aromatic nitrogens is 1. The normalized spacial score (nSPS) is 23.3. The molecule has 0 aliphatic carbocycles. The van der Waals surface area contributed by atoms with E-state index in [4.69, 9.17) is 9.72 Å². The Balaban J connectivity index is 1.22. The van der Waals surface area contributed by atoms with Crippen LogP contribution >= 0.6 is 0 Å². The van der Waals surface area contributed by atoms with E-state index in [-0.39, 0.29) is 0 Å². The summed E-state index contributed by atoms with van der Waals surface area (Å²) in [4.78, 5) is 9.96. The van der Waals surface area contributed by atoms with Gasteiger partial charge in [-0.15, -0.1) is 0 Å². The zero-order valence-electron chi connectivity index (χ0n) is 20.3. The molecule has 0 radical (unpaired) electrons. The Morgan fingerprint density at radius 2 is 1.73 bits per heavy atom. The fraction of sp³-hybridized carbons (Fsp3) is 0.607. The highest BCUT2D eigenvalue weighted by atomic mass is 16.5. The highest BCUT2D eigenvalue weighted by Crippen LogP contribution is 2.39. The van der Waals surface area contributed by atoms with E-state index in [9.17, 15) is 0 Å². The number of fused-ring (bicyclic) bond motifs is 2. The SMILES string of the molecule is Cc1cc(C2CCN(C3CN(C)C3)CC2)cc2c1CCc1c(C3CCOCC3)ccnc1N2. The Bertz CT molecular complexity index is 1000. The molecule has 1 aromatic heterocycles. The van der Waals surface area contributed by atoms with Crippen LogP contribution in [0.2, 0.25) is 0 Å². The van der Waals surface area contributed by atoms with E-state index in [1.54, 1.807) is 0 Å². The topological polar surface area (TPSA) is 40.6 Å². The van der Waals surface area contributed by atoms with E-state index in [0.29, 0.717) is 11.8 Å². The summed E-state index contributed by atoms with van der Waals surface area (Å²) in [6, 6.07) is 8.00. The maximum atomic E-state index is 5.62. The standard InChI is InChI=1S/C28H38N4O/c1-19-15-22(20-6-11-32(12-7-20)23-17-31(2)18-23)16-27-24(19)3-4-26-25(5-10-29-28(26)30-27)21-8-13-33-14-9-21/h5,10,15-16,20-21,23H,3-4,6-9,11-14,17-18H2,1-2H3,(H,29,30). The lowest BCUT2D eigenvalue weighted by atomic mass is 9.85. The lowest BCUT2D eigenvalue weighted by molar-refractivity contribution is 0.0363. The van der Waals surface area contributed by atoms with Gasteiger partial charge >= 0.3 is 0 Å². The average molecular weight is 447 g/mol. The molecule has 3 fully saturated rings. The van der Waals surface area contributed by atoms with Crippen LogP contribution in [0.1, 0.15) is 65.3 Å². The maximum absolute atomic E-state index is 5.62. The summed E-state index contributed by atoms with van der Waals surface area (Å²) in [5.41, 5.74) is 8.66. The van der Waals surface area contributed by atoms with E-state index in [1.807, 2.05) is 6.20 Å². The molecule has 3 saturated heterocycles. The summed E-state index contributed by atoms with van der Waals surface area (Å²) in [5, 5.41) is 3.79. The van der Waals surface area contributed by atoms with Crippen molar-refractivity contribution >= 4 is 11.5 Å². The summed E-state index contributed by atoms with van der Waals surface area (Å²) in [6.07, 6.45) is 8.99. The van der Waals surface area contributed by atoms with Gasteiger partial charge in [-0.1, -0.05) is 6.07 Å². The number of nitrogens with one attached hydrogen (secondary N) is 1. The van der Waals surface area contributed by atoms with Crippen molar-refractivity contribution in [3.05, 3.63) is 52.2 Å². The van der Waals surface area contributed by atoms with Crippen molar-refractivity contribution in [3.63, 3.8) is 0 Å². The first kappa shape index (κ1) is 21.6. The first-order valence-electron chi connectivity index (χ1n) is 13.0. The quantitative estimate of drug-likeness (QED) is 0.745. The zero-order valence-corrected chi connectivity index (χ0v) is 20.3. The number of rotatable bonds is 3. The Hall–Kier alpha value is -1.95. The number of anilines is 2. The number of nitrogens with zero attached hydrogens (tertiary/aromatic N) is 3. The van der Waals surface area contributed by atoms with Crippen LogP contribution in [0.5, 0.6) is 0 Å². The molecule has 1 aromatic carbocycles. The number of likely N-dealkylation sites (tertiary alicyclic amines) is 2. The number of aryl methyl sites for hydroxylation is 1. The van der Waals surface area contributed by atoms with Crippen molar-refractivity contribution in [2.45, 2.75) is 63.3 Å². The molecule has 0 spiro atoms. The molecule has 0 atom stereocenters. The number of piperidine rings is 1. The van der Waals surface area contributed by atoms with Crippen molar-refractivity contribution in [2.24, 2.45) is 0 Å². The Morgan fingerprint density at radius 1 is 0.970 bits per heavy atom. The number of ether oxygens (including phenoxy) is 1. The molecular formula is C28H38N4O. The minimum atomic E-state index is 0.607. The molecule has 0 amide bonds. The molecule has 0 saturated carbocycles. The average Bonchev–Trinajstić information content (AvgIpc) is 3.02. The monoisotopic (exact) mass is 446 g/mol. The summed E-state index contributed by atoms with van der Waals surface area (Å²) in [5.74, 6) is 2.36. The van der Waals surface area contributed by atoms with Gasteiger partial charge in [0.1, 0.15) is 5.82 Å². The smallest absolute Gasteiger partial charge is 0.133 e. The second kappa shape index (κ2) is 9.01. The fourth-order valence-corrected chi connectivity index (χ4v) is 6.67.